The van der Waals surface area contributed by atoms with Gasteiger partial charge in [-0.25, -0.2) is 4.98 Å². The van der Waals surface area contributed by atoms with Crippen molar-refractivity contribution in [2.24, 2.45) is 0 Å². The molecule has 0 amide bonds. The number of aliphatic hydroxyl groups is 1. The van der Waals surface area contributed by atoms with E-state index < -0.39 is 0 Å². The van der Waals surface area contributed by atoms with Gasteiger partial charge in [0.15, 0.2) is 0 Å². The van der Waals surface area contributed by atoms with Gasteiger partial charge in [-0.15, -0.1) is 0 Å². The predicted octanol–water partition coefficient (Wildman–Crippen LogP) is 0.267. The fraction of sp³-hybridized carbons (Fsp3) is 0.765. The second kappa shape index (κ2) is 6.82. The molecule has 0 spiro atoms. The Balaban J connectivity index is 1.43. The summed E-state index contributed by atoms with van der Waals surface area (Å²) in [5.41, 5.74) is 1.03. The molecule has 0 aromatic carbocycles. The SMILES string of the molecule is Cc1cc(N2CCCC2)nc(N2CCN(C3COCC3O)CC2)n1. The molecule has 3 saturated heterocycles. The zero-order valence-corrected chi connectivity index (χ0v) is 14.4. The van der Waals surface area contributed by atoms with Crippen molar-refractivity contribution >= 4 is 11.8 Å². The van der Waals surface area contributed by atoms with Gasteiger partial charge in [-0.3, -0.25) is 4.90 Å². The minimum absolute atomic E-state index is 0.144. The Bertz CT molecular complexity index is 570. The Morgan fingerprint density at radius 2 is 1.75 bits per heavy atom. The van der Waals surface area contributed by atoms with Crippen molar-refractivity contribution in [2.75, 3.05) is 62.3 Å². The number of piperazine rings is 1. The Kier molecular flexibility index (Phi) is 4.56. The number of rotatable bonds is 3. The molecular formula is C17H27N5O2. The van der Waals surface area contributed by atoms with E-state index >= 15 is 0 Å². The summed E-state index contributed by atoms with van der Waals surface area (Å²) in [5, 5.41) is 10.0. The summed E-state index contributed by atoms with van der Waals surface area (Å²) in [4.78, 5) is 16.5. The third kappa shape index (κ3) is 3.20. The molecule has 0 bridgehead atoms. The molecule has 4 rings (SSSR count). The van der Waals surface area contributed by atoms with Crippen molar-refractivity contribution in [2.45, 2.75) is 31.9 Å². The van der Waals surface area contributed by atoms with Crippen molar-refractivity contribution in [3.05, 3.63) is 11.8 Å². The minimum atomic E-state index is -0.353. The van der Waals surface area contributed by atoms with Gasteiger partial charge in [-0.2, -0.15) is 4.98 Å². The van der Waals surface area contributed by atoms with Crippen LogP contribution in [0, 0.1) is 6.92 Å². The molecule has 7 heteroatoms. The molecular weight excluding hydrogens is 306 g/mol. The first-order valence-corrected chi connectivity index (χ1v) is 9.06. The first-order chi connectivity index (χ1) is 11.7. The first kappa shape index (κ1) is 16.1. The van der Waals surface area contributed by atoms with Crippen LogP contribution in [0.15, 0.2) is 6.07 Å². The maximum absolute atomic E-state index is 10.0. The van der Waals surface area contributed by atoms with Crippen LogP contribution >= 0.6 is 0 Å². The number of aliphatic hydroxyl groups excluding tert-OH is 1. The van der Waals surface area contributed by atoms with E-state index in [0.29, 0.717) is 13.2 Å². The lowest BCUT2D eigenvalue weighted by Gasteiger charge is -2.38. The molecule has 2 unspecified atom stereocenters. The summed E-state index contributed by atoms with van der Waals surface area (Å²) in [5.74, 6) is 1.91. The van der Waals surface area contributed by atoms with Gasteiger partial charge in [-0.1, -0.05) is 0 Å². The third-order valence-electron chi connectivity index (χ3n) is 5.35. The molecule has 1 aromatic heterocycles. The molecule has 0 saturated carbocycles. The summed E-state index contributed by atoms with van der Waals surface area (Å²) in [6.07, 6.45) is 2.15. The third-order valence-corrected chi connectivity index (χ3v) is 5.35. The molecule has 24 heavy (non-hydrogen) atoms. The van der Waals surface area contributed by atoms with E-state index in [2.05, 4.69) is 25.8 Å². The number of anilines is 2. The largest absolute Gasteiger partial charge is 0.389 e. The number of hydrogen-bond acceptors (Lipinski definition) is 7. The molecule has 0 radical (unpaired) electrons. The van der Waals surface area contributed by atoms with Gasteiger partial charge in [0.25, 0.3) is 0 Å². The topological polar surface area (TPSA) is 65.0 Å². The molecule has 132 valence electrons. The van der Waals surface area contributed by atoms with Crippen LogP contribution in [0.25, 0.3) is 0 Å². The number of ether oxygens (including phenoxy) is 1. The maximum Gasteiger partial charge on any atom is 0.227 e. The van der Waals surface area contributed by atoms with Gasteiger partial charge in [0.1, 0.15) is 5.82 Å². The fourth-order valence-corrected chi connectivity index (χ4v) is 3.92. The maximum atomic E-state index is 10.0. The van der Waals surface area contributed by atoms with E-state index in [-0.39, 0.29) is 12.1 Å². The Morgan fingerprint density at radius 3 is 2.42 bits per heavy atom. The molecule has 3 aliphatic heterocycles. The highest BCUT2D eigenvalue weighted by molar-refractivity contribution is 5.46. The van der Waals surface area contributed by atoms with Crippen molar-refractivity contribution in [3.8, 4) is 0 Å². The van der Waals surface area contributed by atoms with Crippen molar-refractivity contribution in [3.63, 3.8) is 0 Å². The zero-order valence-electron chi connectivity index (χ0n) is 14.4. The number of hydrogen-bond donors (Lipinski definition) is 1. The van der Waals surface area contributed by atoms with Crippen LogP contribution in [0.5, 0.6) is 0 Å². The highest BCUT2D eigenvalue weighted by atomic mass is 16.5. The summed E-state index contributed by atoms with van der Waals surface area (Å²) in [6.45, 7) is 8.98. The first-order valence-electron chi connectivity index (χ1n) is 9.06. The molecule has 7 nitrogen and oxygen atoms in total. The normalized spacial score (nSPS) is 28.8. The molecule has 3 fully saturated rings. The second-order valence-corrected chi connectivity index (χ2v) is 7.06. The van der Waals surface area contributed by atoms with Crippen LogP contribution in [0.4, 0.5) is 11.8 Å². The van der Waals surface area contributed by atoms with Gasteiger partial charge in [0.2, 0.25) is 5.95 Å². The van der Waals surface area contributed by atoms with Crippen LogP contribution in [0.3, 0.4) is 0 Å². The molecule has 2 atom stereocenters. The second-order valence-electron chi connectivity index (χ2n) is 7.06. The average molecular weight is 333 g/mol. The predicted molar refractivity (Wildman–Crippen MR) is 92.6 cm³/mol. The van der Waals surface area contributed by atoms with Crippen LogP contribution < -0.4 is 9.80 Å². The fourth-order valence-electron chi connectivity index (χ4n) is 3.92. The Hall–Kier alpha value is -1.44. The molecule has 1 aromatic rings. The van der Waals surface area contributed by atoms with E-state index in [1.807, 2.05) is 6.92 Å². The summed E-state index contributed by atoms with van der Waals surface area (Å²) in [6, 6.07) is 2.24. The van der Waals surface area contributed by atoms with E-state index in [4.69, 9.17) is 9.72 Å². The van der Waals surface area contributed by atoms with E-state index in [0.717, 1.165) is 56.7 Å². The Labute approximate surface area is 143 Å². The van der Waals surface area contributed by atoms with E-state index in [1.54, 1.807) is 0 Å². The van der Waals surface area contributed by atoms with Gasteiger partial charge < -0.3 is 19.6 Å². The molecule has 1 N–H and O–H groups in total. The van der Waals surface area contributed by atoms with Crippen LogP contribution in [0.1, 0.15) is 18.5 Å². The van der Waals surface area contributed by atoms with Crippen LogP contribution in [-0.4, -0.2) is 84.6 Å². The lowest BCUT2D eigenvalue weighted by molar-refractivity contribution is 0.0783. The lowest BCUT2D eigenvalue weighted by atomic mass is 10.1. The van der Waals surface area contributed by atoms with Crippen LogP contribution in [-0.2, 0) is 4.74 Å². The van der Waals surface area contributed by atoms with E-state index in [1.165, 1.54) is 12.8 Å². The van der Waals surface area contributed by atoms with Gasteiger partial charge in [0.05, 0.1) is 25.4 Å². The van der Waals surface area contributed by atoms with Crippen molar-refractivity contribution in [1.82, 2.24) is 14.9 Å². The monoisotopic (exact) mass is 333 g/mol. The van der Waals surface area contributed by atoms with Gasteiger partial charge in [-0.05, 0) is 19.8 Å². The smallest absolute Gasteiger partial charge is 0.227 e. The van der Waals surface area contributed by atoms with Gasteiger partial charge in [0, 0.05) is 51.0 Å². The van der Waals surface area contributed by atoms with Crippen molar-refractivity contribution < 1.29 is 9.84 Å². The molecule has 3 aliphatic rings. The highest BCUT2D eigenvalue weighted by Gasteiger charge is 2.34. The van der Waals surface area contributed by atoms with E-state index in [9.17, 15) is 5.11 Å². The highest BCUT2D eigenvalue weighted by Crippen LogP contribution is 2.23. The average Bonchev–Trinajstić information content (AvgIpc) is 3.26. The molecule has 0 aliphatic carbocycles. The summed E-state index contributed by atoms with van der Waals surface area (Å²) >= 11 is 0. The Morgan fingerprint density at radius 1 is 1.00 bits per heavy atom. The molecule has 4 heterocycles. The number of nitrogens with zero attached hydrogens (tertiary/aromatic N) is 5. The standard InChI is InChI=1S/C17H27N5O2/c1-13-10-16(21-4-2-3-5-21)19-17(18-13)22-8-6-20(7-9-22)14-11-24-12-15(14)23/h10,14-15,23H,2-9,11-12H2,1H3. The minimum Gasteiger partial charge on any atom is -0.389 e. The van der Waals surface area contributed by atoms with Gasteiger partial charge >= 0.3 is 0 Å². The number of aromatic nitrogens is 2. The lowest BCUT2D eigenvalue weighted by Crippen LogP contribution is -2.54. The van der Waals surface area contributed by atoms with Crippen LogP contribution in [0.2, 0.25) is 0 Å². The van der Waals surface area contributed by atoms with Crippen molar-refractivity contribution in [1.29, 1.82) is 0 Å². The zero-order chi connectivity index (χ0) is 16.5. The summed E-state index contributed by atoms with van der Waals surface area (Å²) < 4.78 is 5.39. The quantitative estimate of drug-likeness (QED) is 0.851. The summed E-state index contributed by atoms with van der Waals surface area (Å²) in [7, 11) is 0. The number of aryl methyl sites for hydroxylation is 1.